The Morgan fingerprint density at radius 2 is 2.11 bits per heavy atom. The quantitative estimate of drug-likeness (QED) is 0.731. The predicted octanol–water partition coefficient (Wildman–Crippen LogP) is 2.68. The number of ether oxygens (including phenoxy) is 1. The van der Waals surface area contributed by atoms with Gasteiger partial charge in [0.15, 0.2) is 0 Å². The molecule has 4 nitrogen and oxygen atoms in total. The minimum Gasteiger partial charge on any atom is -0.381 e. The van der Waals surface area contributed by atoms with Gasteiger partial charge in [0.05, 0.1) is 4.90 Å². The minimum absolute atomic E-state index is 0.0309. The Labute approximate surface area is 121 Å². The number of hydrogen-bond donors (Lipinski definition) is 1. The topological polar surface area (TPSA) is 55.4 Å². The summed E-state index contributed by atoms with van der Waals surface area (Å²) >= 11 is 3.04. The molecule has 0 heterocycles. The lowest BCUT2D eigenvalue weighted by atomic mass is 10.3. The zero-order valence-corrected chi connectivity index (χ0v) is 13.1. The van der Waals surface area contributed by atoms with Crippen molar-refractivity contribution in [3.63, 3.8) is 0 Å². The molecule has 0 aliphatic heterocycles. The number of benzene rings is 1. The summed E-state index contributed by atoms with van der Waals surface area (Å²) in [5.74, 6) is -0.487. The third-order valence-electron chi connectivity index (χ3n) is 2.29. The molecule has 1 aromatic carbocycles. The maximum Gasteiger partial charge on any atom is 0.241 e. The summed E-state index contributed by atoms with van der Waals surface area (Å²) in [7, 11) is -3.62. The Morgan fingerprint density at radius 3 is 2.74 bits per heavy atom. The van der Waals surface area contributed by atoms with Gasteiger partial charge in [-0.2, -0.15) is 0 Å². The Bertz CT molecular complexity index is 508. The van der Waals surface area contributed by atoms with Crippen molar-refractivity contribution in [2.24, 2.45) is 0 Å². The van der Waals surface area contributed by atoms with E-state index in [9.17, 15) is 12.8 Å². The van der Waals surface area contributed by atoms with Crippen LogP contribution in [0.1, 0.15) is 19.8 Å². The Hall–Kier alpha value is -0.500. The lowest BCUT2D eigenvalue weighted by molar-refractivity contribution is 0.133. The first-order valence-electron chi connectivity index (χ1n) is 6.00. The van der Waals surface area contributed by atoms with Gasteiger partial charge in [0, 0.05) is 24.2 Å². The zero-order valence-electron chi connectivity index (χ0n) is 10.7. The van der Waals surface area contributed by atoms with Crippen LogP contribution in [0.4, 0.5) is 4.39 Å². The predicted molar refractivity (Wildman–Crippen MR) is 75.0 cm³/mol. The van der Waals surface area contributed by atoms with Crippen molar-refractivity contribution in [3.8, 4) is 0 Å². The van der Waals surface area contributed by atoms with E-state index in [0.29, 0.717) is 19.6 Å². The van der Waals surface area contributed by atoms with E-state index in [4.69, 9.17) is 4.74 Å². The summed E-state index contributed by atoms with van der Waals surface area (Å²) in [6, 6.07) is 3.47. The van der Waals surface area contributed by atoms with E-state index in [1.54, 1.807) is 0 Å². The van der Waals surface area contributed by atoms with Crippen LogP contribution in [-0.2, 0) is 14.8 Å². The lowest BCUT2D eigenvalue weighted by Gasteiger charge is -2.08. The normalized spacial score (nSPS) is 11.7. The Balaban J connectivity index is 2.52. The number of sulfonamides is 1. The molecule has 19 heavy (non-hydrogen) atoms. The number of halogens is 2. The summed E-state index contributed by atoms with van der Waals surface area (Å²) in [6.45, 7) is 3.49. The van der Waals surface area contributed by atoms with Crippen LogP contribution in [0.2, 0.25) is 0 Å². The molecule has 0 amide bonds. The molecule has 0 radical (unpaired) electrons. The fraction of sp³-hybridized carbons (Fsp3) is 0.500. The second kappa shape index (κ2) is 7.94. The van der Waals surface area contributed by atoms with Crippen LogP contribution in [0.25, 0.3) is 0 Å². The highest BCUT2D eigenvalue weighted by Gasteiger charge is 2.17. The fourth-order valence-electron chi connectivity index (χ4n) is 1.40. The highest BCUT2D eigenvalue weighted by atomic mass is 79.9. The van der Waals surface area contributed by atoms with Gasteiger partial charge in [0.2, 0.25) is 10.0 Å². The molecule has 1 aromatic rings. The first kappa shape index (κ1) is 16.6. The van der Waals surface area contributed by atoms with Crippen LogP contribution in [0.3, 0.4) is 0 Å². The van der Waals surface area contributed by atoms with Crippen molar-refractivity contribution in [1.82, 2.24) is 4.72 Å². The molecular formula is C12H17BrFNO3S. The summed E-state index contributed by atoms with van der Waals surface area (Å²) in [5, 5.41) is 0. The van der Waals surface area contributed by atoms with E-state index in [2.05, 4.69) is 20.7 Å². The molecule has 1 rings (SSSR count). The molecule has 0 aliphatic carbocycles. The van der Waals surface area contributed by atoms with E-state index >= 15 is 0 Å². The van der Waals surface area contributed by atoms with Gasteiger partial charge in [-0.25, -0.2) is 17.5 Å². The summed E-state index contributed by atoms with van der Waals surface area (Å²) in [6.07, 6.45) is 1.53. The molecule has 0 unspecified atom stereocenters. The van der Waals surface area contributed by atoms with Gasteiger partial charge in [0.25, 0.3) is 0 Å². The maximum atomic E-state index is 12.9. The van der Waals surface area contributed by atoms with Crippen LogP contribution in [-0.4, -0.2) is 28.2 Å². The monoisotopic (exact) mass is 353 g/mol. The molecule has 108 valence electrons. The zero-order chi connectivity index (χ0) is 14.3. The molecule has 7 heteroatoms. The largest absolute Gasteiger partial charge is 0.381 e. The standard InChI is InChI=1S/C12H17BrFNO3S/c1-2-7-18-8-3-6-15-19(16,17)12-5-4-10(14)9-11(12)13/h4-5,9,15H,2-3,6-8H2,1H3. The van der Waals surface area contributed by atoms with Crippen molar-refractivity contribution in [3.05, 3.63) is 28.5 Å². The van der Waals surface area contributed by atoms with Crippen LogP contribution in [0.5, 0.6) is 0 Å². The SMILES string of the molecule is CCCOCCCNS(=O)(=O)c1ccc(F)cc1Br. The second-order valence-corrected chi connectivity index (χ2v) is 6.53. The van der Waals surface area contributed by atoms with Gasteiger partial charge < -0.3 is 4.74 Å². The highest BCUT2D eigenvalue weighted by Crippen LogP contribution is 2.22. The Kier molecular flexibility index (Phi) is 6.92. The van der Waals surface area contributed by atoms with Crippen LogP contribution in [0.15, 0.2) is 27.6 Å². The molecule has 0 spiro atoms. The first-order valence-corrected chi connectivity index (χ1v) is 8.27. The van der Waals surface area contributed by atoms with Crippen molar-refractivity contribution in [2.45, 2.75) is 24.7 Å². The van der Waals surface area contributed by atoms with Gasteiger partial charge in [-0.05, 0) is 47.0 Å². The summed E-state index contributed by atoms with van der Waals surface area (Å²) < 4.78 is 44.7. The minimum atomic E-state index is -3.62. The number of nitrogens with one attached hydrogen (secondary N) is 1. The van der Waals surface area contributed by atoms with Gasteiger partial charge >= 0.3 is 0 Å². The fourth-order valence-corrected chi connectivity index (χ4v) is 3.52. The molecule has 0 aliphatic rings. The molecule has 0 fully saturated rings. The molecule has 0 saturated carbocycles. The molecule has 0 aromatic heterocycles. The Morgan fingerprint density at radius 1 is 1.37 bits per heavy atom. The number of rotatable bonds is 8. The maximum absolute atomic E-state index is 12.9. The third kappa shape index (κ3) is 5.56. The van der Waals surface area contributed by atoms with Crippen molar-refractivity contribution < 1.29 is 17.5 Å². The van der Waals surface area contributed by atoms with Crippen LogP contribution in [0, 0.1) is 5.82 Å². The molecule has 1 N–H and O–H groups in total. The van der Waals surface area contributed by atoms with Crippen molar-refractivity contribution in [2.75, 3.05) is 19.8 Å². The third-order valence-corrected chi connectivity index (χ3v) is 4.73. The highest BCUT2D eigenvalue weighted by molar-refractivity contribution is 9.10. The molecule has 0 bridgehead atoms. The number of hydrogen-bond acceptors (Lipinski definition) is 3. The van der Waals surface area contributed by atoms with Gasteiger partial charge in [-0.15, -0.1) is 0 Å². The van der Waals surface area contributed by atoms with E-state index in [1.165, 1.54) is 6.07 Å². The average Bonchev–Trinajstić information content (AvgIpc) is 2.33. The summed E-state index contributed by atoms with van der Waals surface area (Å²) in [4.78, 5) is 0.0309. The summed E-state index contributed by atoms with van der Waals surface area (Å²) in [5.41, 5.74) is 0. The van der Waals surface area contributed by atoms with Gasteiger partial charge in [-0.1, -0.05) is 6.92 Å². The van der Waals surface area contributed by atoms with E-state index in [0.717, 1.165) is 18.6 Å². The van der Waals surface area contributed by atoms with E-state index in [1.807, 2.05) is 6.92 Å². The van der Waals surface area contributed by atoms with E-state index in [-0.39, 0.29) is 15.9 Å². The second-order valence-electron chi connectivity index (χ2n) is 3.94. The van der Waals surface area contributed by atoms with Crippen molar-refractivity contribution >= 4 is 26.0 Å². The first-order chi connectivity index (χ1) is 8.97. The van der Waals surface area contributed by atoms with Crippen molar-refractivity contribution in [1.29, 1.82) is 0 Å². The van der Waals surface area contributed by atoms with Gasteiger partial charge in [-0.3, -0.25) is 0 Å². The average molecular weight is 354 g/mol. The molecule has 0 atom stereocenters. The van der Waals surface area contributed by atoms with Crippen LogP contribution < -0.4 is 4.72 Å². The lowest BCUT2D eigenvalue weighted by Crippen LogP contribution is -2.26. The van der Waals surface area contributed by atoms with Crippen LogP contribution >= 0.6 is 15.9 Å². The molecular weight excluding hydrogens is 337 g/mol. The smallest absolute Gasteiger partial charge is 0.241 e. The molecule has 0 saturated heterocycles. The van der Waals surface area contributed by atoms with Gasteiger partial charge in [0.1, 0.15) is 5.82 Å². The van der Waals surface area contributed by atoms with E-state index < -0.39 is 15.8 Å².